The van der Waals surface area contributed by atoms with Crippen LogP contribution in [0.15, 0.2) is 42.4 Å². The van der Waals surface area contributed by atoms with Crippen LogP contribution in [0.2, 0.25) is 0 Å². The molecule has 1 heterocycles. The van der Waals surface area contributed by atoms with E-state index in [0.717, 1.165) is 24.1 Å². The molecule has 0 saturated carbocycles. The second-order valence-electron chi connectivity index (χ2n) is 6.81. The van der Waals surface area contributed by atoms with E-state index in [0.29, 0.717) is 0 Å². The van der Waals surface area contributed by atoms with Crippen LogP contribution in [0.1, 0.15) is 50.9 Å². The topological polar surface area (TPSA) is 42.0 Å². The van der Waals surface area contributed by atoms with Crippen LogP contribution in [0.4, 0.5) is 0 Å². The highest BCUT2D eigenvalue weighted by Crippen LogP contribution is 2.29. The number of rotatable bonds is 7. The number of nitrogens with zero attached hydrogens (tertiary/aromatic N) is 1. The maximum Gasteiger partial charge on any atom is 0.0975 e. The molecule has 0 aliphatic rings. The van der Waals surface area contributed by atoms with Crippen LogP contribution in [-0.4, -0.2) is 13.9 Å². The normalized spacial score (nSPS) is 14.3. The Morgan fingerprint density at radius 1 is 1.33 bits per heavy atom. The average Bonchev–Trinajstić information content (AvgIpc) is 2.96. The third kappa shape index (κ3) is 4.85. The highest BCUT2D eigenvalue weighted by atomic mass is 32.2. The van der Waals surface area contributed by atoms with Gasteiger partial charge in [-0.3, -0.25) is 0 Å². The quantitative estimate of drug-likeness (QED) is 0.690. The van der Waals surface area contributed by atoms with E-state index in [1.54, 1.807) is 11.3 Å². The Morgan fingerprint density at radius 2 is 2.00 bits per heavy atom. The number of allylic oxidation sites excluding steroid dienone is 1. The van der Waals surface area contributed by atoms with Gasteiger partial charge in [-0.2, -0.15) is 0 Å². The van der Waals surface area contributed by atoms with Gasteiger partial charge in [0.25, 0.3) is 0 Å². The fraction of sp³-hybridized carbons (Fsp3) is 0.421. The van der Waals surface area contributed by atoms with Gasteiger partial charge in [-0.05, 0) is 51.7 Å². The SMILES string of the molecule is C=CCC[C@H](N[S@](=O)C(C)(C)C)c1ccc(-c2scnc2C)cc1. The van der Waals surface area contributed by atoms with Crippen molar-refractivity contribution in [3.05, 3.63) is 53.7 Å². The van der Waals surface area contributed by atoms with E-state index in [4.69, 9.17) is 0 Å². The second-order valence-corrected chi connectivity index (χ2v) is 9.66. The lowest BCUT2D eigenvalue weighted by Gasteiger charge is -2.24. The molecule has 0 saturated heterocycles. The molecule has 24 heavy (non-hydrogen) atoms. The van der Waals surface area contributed by atoms with Gasteiger partial charge in [0.1, 0.15) is 0 Å². The lowest BCUT2D eigenvalue weighted by Crippen LogP contribution is -2.35. The summed E-state index contributed by atoms with van der Waals surface area (Å²) in [7, 11) is -1.10. The smallest absolute Gasteiger partial charge is 0.0975 e. The molecule has 2 rings (SSSR count). The molecule has 0 bridgehead atoms. The zero-order valence-electron chi connectivity index (χ0n) is 14.8. The fourth-order valence-corrected chi connectivity index (χ4v) is 4.01. The molecule has 0 amide bonds. The van der Waals surface area contributed by atoms with Crippen molar-refractivity contribution in [3.8, 4) is 10.4 Å². The van der Waals surface area contributed by atoms with Crippen molar-refractivity contribution in [1.29, 1.82) is 0 Å². The zero-order chi connectivity index (χ0) is 17.7. The number of thiazole rings is 1. The third-order valence-electron chi connectivity index (χ3n) is 3.79. The summed E-state index contributed by atoms with van der Waals surface area (Å²) >= 11 is 1.66. The van der Waals surface area contributed by atoms with E-state index < -0.39 is 11.0 Å². The zero-order valence-corrected chi connectivity index (χ0v) is 16.5. The molecular weight excluding hydrogens is 336 g/mol. The Bertz CT molecular complexity index is 699. The monoisotopic (exact) mass is 362 g/mol. The summed E-state index contributed by atoms with van der Waals surface area (Å²) in [6.07, 6.45) is 3.67. The lowest BCUT2D eigenvalue weighted by atomic mass is 10.0. The van der Waals surface area contributed by atoms with Crippen molar-refractivity contribution in [3.63, 3.8) is 0 Å². The summed E-state index contributed by atoms with van der Waals surface area (Å²) in [5.74, 6) is 0. The van der Waals surface area contributed by atoms with Gasteiger partial charge in [-0.15, -0.1) is 17.9 Å². The molecule has 2 aromatic rings. The molecule has 0 aliphatic carbocycles. The van der Waals surface area contributed by atoms with Crippen LogP contribution in [0.5, 0.6) is 0 Å². The maximum absolute atomic E-state index is 12.5. The Kier molecular flexibility index (Phi) is 6.49. The first-order chi connectivity index (χ1) is 11.3. The van der Waals surface area contributed by atoms with Gasteiger partial charge in [-0.25, -0.2) is 13.9 Å². The van der Waals surface area contributed by atoms with E-state index in [-0.39, 0.29) is 10.8 Å². The molecule has 5 heteroatoms. The van der Waals surface area contributed by atoms with Crippen molar-refractivity contribution >= 4 is 22.3 Å². The van der Waals surface area contributed by atoms with Gasteiger partial charge in [0, 0.05) is 6.04 Å². The van der Waals surface area contributed by atoms with E-state index in [1.807, 2.05) is 39.3 Å². The molecule has 130 valence electrons. The van der Waals surface area contributed by atoms with E-state index in [9.17, 15) is 4.21 Å². The standard InChI is InChI=1S/C19H26N2OS2/c1-6-7-8-17(21-24(22)19(3,4)5)15-9-11-16(12-10-15)18-14(2)20-13-23-18/h6,9-13,17,21H,1,7-8H2,2-5H3/t17-,24+/m0/s1. The van der Waals surface area contributed by atoms with Crippen molar-refractivity contribution in [2.45, 2.75) is 51.3 Å². The summed E-state index contributed by atoms with van der Waals surface area (Å²) < 4.78 is 15.5. The molecule has 0 unspecified atom stereocenters. The number of nitrogens with one attached hydrogen (secondary N) is 1. The number of aromatic nitrogens is 1. The van der Waals surface area contributed by atoms with Gasteiger partial charge < -0.3 is 0 Å². The minimum absolute atomic E-state index is 0.0552. The number of aryl methyl sites for hydroxylation is 1. The summed E-state index contributed by atoms with van der Waals surface area (Å²) in [4.78, 5) is 5.52. The highest BCUT2D eigenvalue weighted by molar-refractivity contribution is 7.84. The molecule has 2 atom stereocenters. The number of hydrogen-bond acceptors (Lipinski definition) is 3. The van der Waals surface area contributed by atoms with Gasteiger partial charge in [-0.1, -0.05) is 30.3 Å². The van der Waals surface area contributed by atoms with Crippen LogP contribution < -0.4 is 4.72 Å². The first-order valence-electron chi connectivity index (χ1n) is 8.12. The van der Waals surface area contributed by atoms with Crippen LogP contribution in [0, 0.1) is 6.92 Å². The van der Waals surface area contributed by atoms with Gasteiger partial charge in [0.2, 0.25) is 0 Å². The first-order valence-corrected chi connectivity index (χ1v) is 10.1. The average molecular weight is 363 g/mol. The Hall–Kier alpha value is -1.30. The van der Waals surface area contributed by atoms with E-state index >= 15 is 0 Å². The fourth-order valence-electron chi connectivity index (χ4n) is 2.33. The highest BCUT2D eigenvalue weighted by Gasteiger charge is 2.23. The maximum atomic E-state index is 12.5. The van der Waals surface area contributed by atoms with E-state index in [1.165, 1.54) is 10.4 Å². The van der Waals surface area contributed by atoms with Crippen LogP contribution in [0.25, 0.3) is 10.4 Å². The molecule has 3 nitrogen and oxygen atoms in total. The predicted octanol–water partition coefficient (Wildman–Crippen LogP) is 5.18. The molecule has 1 aromatic carbocycles. The molecular formula is C19H26N2OS2. The van der Waals surface area contributed by atoms with Gasteiger partial charge >= 0.3 is 0 Å². The molecule has 0 fully saturated rings. The summed E-state index contributed by atoms with van der Waals surface area (Å²) in [5.41, 5.74) is 5.26. The molecule has 0 radical (unpaired) electrons. The minimum Gasteiger partial charge on any atom is -0.249 e. The Morgan fingerprint density at radius 3 is 2.50 bits per heavy atom. The van der Waals surface area contributed by atoms with Crippen LogP contribution >= 0.6 is 11.3 Å². The van der Waals surface area contributed by atoms with E-state index in [2.05, 4.69) is 40.6 Å². The van der Waals surface area contributed by atoms with Crippen LogP contribution in [-0.2, 0) is 11.0 Å². The Balaban J connectivity index is 2.21. The molecule has 1 aromatic heterocycles. The van der Waals surface area contributed by atoms with Gasteiger partial charge in [0.05, 0.1) is 31.8 Å². The van der Waals surface area contributed by atoms with Gasteiger partial charge in [0.15, 0.2) is 0 Å². The summed E-state index contributed by atoms with van der Waals surface area (Å²) in [5, 5.41) is 0. The minimum atomic E-state index is -1.10. The summed E-state index contributed by atoms with van der Waals surface area (Å²) in [6, 6.07) is 8.54. The number of hydrogen-bond donors (Lipinski definition) is 1. The van der Waals surface area contributed by atoms with Crippen molar-refractivity contribution in [1.82, 2.24) is 9.71 Å². The third-order valence-corrected chi connectivity index (χ3v) is 6.37. The molecule has 0 spiro atoms. The van der Waals surface area contributed by atoms with Crippen LogP contribution in [0.3, 0.4) is 0 Å². The van der Waals surface area contributed by atoms with Crippen molar-refractivity contribution in [2.24, 2.45) is 0 Å². The van der Waals surface area contributed by atoms with Crippen molar-refractivity contribution < 1.29 is 4.21 Å². The second kappa shape index (κ2) is 8.19. The largest absolute Gasteiger partial charge is 0.249 e. The molecule has 1 N–H and O–H groups in total. The predicted molar refractivity (Wildman–Crippen MR) is 105 cm³/mol. The summed E-state index contributed by atoms with van der Waals surface area (Å²) in [6.45, 7) is 11.8. The molecule has 0 aliphatic heterocycles. The lowest BCUT2D eigenvalue weighted by molar-refractivity contribution is 0.575. The van der Waals surface area contributed by atoms with Crippen molar-refractivity contribution in [2.75, 3.05) is 0 Å². The number of benzene rings is 1. The Labute approximate surface area is 151 Å². The first kappa shape index (κ1) is 19.0.